The monoisotopic (exact) mass is 596 g/mol. The molecule has 42 heavy (non-hydrogen) atoms. The van der Waals surface area contributed by atoms with Gasteiger partial charge in [-0.25, -0.2) is 4.98 Å². The van der Waals surface area contributed by atoms with Crippen molar-refractivity contribution in [2.24, 2.45) is 5.73 Å². The van der Waals surface area contributed by atoms with Gasteiger partial charge >= 0.3 is 0 Å². The van der Waals surface area contributed by atoms with Crippen LogP contribution in [0.15, 0.2) is 126 Å². The van der Waals surface area contributed by atoms with E-state index in [1.807, 2.05) is 66.7 Å². The molecular weight excluding hydrogens is 571 g/mol. The topological polar surface area (TPSA) is 115 Å². The van der Waals surface area contributed by atoms with Crippen LogP contribution in [0.1, 0.15) is 11.6 Å². The maximum Gasteiger partial charge on any atom is 0.254 e. The maximum absolute atomic E-state index is 13.7. The summed E-state index contributed by atoms with van der Waals surface area (Å²) in [6, 6.07) is 26.4. The fourth-order valence-corrected chi connectivity index (χ4v) is 4.69. The lowest BCUT2D eigenvalue weighted by Gasteiger charge is -2.20. The molecule has 2 aromatic heterocycles. The van der Waals surface area contributed by atoms with Crippen molar-refractivity contribution in [2.75, 3.05) is 10.6 Å². The number of aromatic nitrogens is 3. The van der Waals surface area contributed by atoms with Gasteiger partial charge in [-0.05, 0) is 59.2 Å². The zero-order valence-electron chi connectivity index (χ0n) is 22.2. The summed E-state index contributed by atoms with van der Waals surface area (Å²) in [4.78, 5) is 35.7. The predicted octanol–water partition coefficient (Wildman–Crippen LogP) is 6.46. The Kier molecular flexibility index (Phi) is 8.96. The number of rotatable bonds is 9. The highest BCUT2D eigenvalue weighted by atomic mass is 35.5. The first-order valence-corrected chi connectivity index (χ1v) is 13.7. The first kappa shape index (κ1) is 28.6. The molecule has 3 aromatic carbocycles. The molecule has 1 unspecified atom stereocenters. The fraction of sp³-hybridized carbons (Fsp3) is 0.0625. The van der Waals surface area contributed by atoms with Crippen molar-refractivity contribution in [3.63, 3.8) is 0 Å². The molecule has 10 heteroatoms. The zero-order chi connectivity index (χ0) is 29.5. The van der Waals surface area contributed by atoms with Gasteiger partial charge in [-0.1, -0.05) is 65.7 Å². The van der Waals surface area contributed by atoms with Gasteiger partial charge in [0.1, 0.15) is 11.2 Å². The van der Waals surface area contributed by atoms with E-state index in [1.165, 1.54) is 23.2 Å². The molecule has 0 bridgehead atoms. The SMILES string of the molecule is N/C(Cl)=C\Nc1ccc(Cl)cc1-c1cc(=O)n(C(Cc2ccccc2)C(=O)Nc2ccc(-c3ccncc3)cc2)cn1. The van der Waals surface area contributed by atoms with Crippen LogP contribution in [-0.4, -0.2) is 20.4 Å². The first-order valence-electron chi connectivity index (χ1n) is 13.0. The number of amides is 1. The molecule has 210 valence electrons. The van der Waals surface area contributed by atoms with Crippen LogP contribution in [0.4, 0.5) is 11.4 Å². The van der Waals surface area contributed by atoms with Gasteiger partial charge in [0.25, 0.3) is 5.56 Å². The number of nitrogens with one attached hydrogen (secondary N) is 2. The summed E-state index contributed by atoms with van der Waals surface area (Å²) in [6.45, 7) is 0. The van der Waals surface area contributed by atoms with Crippen molar-refractivity contribution in [1.29, 1.82) is 0 Å². The Hall–Kier alpha value is -4.92. The molecule has 0 aliphatic rings. The number of halogens is 2. The predicted molar refractivity (Wildman–Crippen MR) is 168 cm³/mol. The number of carbonyl (C=O) groups excluding carboxylic acids is 1. The number of pyridine rings is 1. The van der Waals surface area contributed by atoms with Gasteiger partial charge in [0, 0.05) is 53.0 Å². The minimum absolute atomic E-state index is 0.0565. The van der Waals surface area contributed by atoms with Crippen molar-refractivity contribution >= 4 is 40.5 Å². The molecule has 0 saturated heterocycles. The van der Waals surface area contributed by atoms with E-state index in [9.17, 15) is 9.59 Å². The Morgan fingerprint density at radius 2 is 1.67 bits per heavy atom. The summed E-state index contributed by atoms with van der Waals surface area (Å²) < 4.78 is 1.34. The van der Waals surface area contributed by atoms with Gasteiger partial charge in [0.15, 0.2) is 0 Å². The van der Waals surface area contributed by atoms with Crippen LogP contribution in [0.5, 0.6) is 0 Å². The standard InChI is InChI=1S/C32H26Cl2N6O2/c33-24-8-11-27(37-19-30(34)35)26(17-24)28-18-31(41)40(20-38-28)29(16-21-4-2-1-3-5-21)32(42)39-25-9-6-22(7-10-25)23-12-14-36-15-13-23/h1-15,17-20,29,37H,16,35H2,(H,39,42)/b30-19-. The Morgan fingerprint density at radius 1 is 0.952 bits per heavy atom. The third kappa shape index (κ3) is 7.04. The molecule has 5 aromatic rings. The van der Waals surface area contributed by atoms with E-state index in [-0.39, 0.29) is 17.5 Å². The molecule has 1 atom stereocenters. The van der Waals surface area contributed by atoms with Crippen molar-refractivity contribution < 1.29 is 4.79 Å². The normalized spacial score (nSPS) is 12.0. The van der Waals surface area contributed by atoms with E-state index < -0.39 is 11.6 Å². The molecule has 0 spiro atoms. The van der Waals surface area contributed by atoms with Crippen LogP contribution >= 0.6 is 23.2 Å². The Morgan fingerprint density at radius 3 is 2.36 bits per heavy atom. The quantitative estimate of drug-likeness (QED) is 0.168. The lowest BCUT2D eigenvalue weighted by Crippen LogP contribution is -2.34. The van der Waals surface area contributed by atoms with Gasteiger partial charge in [-0.15, -0.1) is 0 Å². The molecule has 0 fully saturated rings. The van der Waals surface area contributed by atoms with Crippen LogP contribution in [-0.2, 0) is 11.2 Å². The highest BCUT2D eigenvalue weighted by Gasteiger charge is 2.23. The third-order valence-electron chi connectivity index (χ3n) is 6.54. The lowest BCUT2D eigenvalue weighted by atomic mass is 10.0. The fourth-order valence-electron chi connectivity index (χ4n) is 4.46. The number of nitrogens with two attached hydrogens (primary N) is 1. The summed E-state index contributed by atoms with van der Waals surface area (Å²) in [5.74, 6) is -0.347. The summed E-state index contributed by atoms with van der Waals surface area (Å²) in [6.07, 6.45) is 6.54. The summed E-state index contributed by atoms with van der Waals surface area (Å²) in [5, 5.41) is 6.47. The van der Waals surface area contributed by atoms with Crippen molar-refractivity contribution in [3.8, 4) is 22.4 Å². The van der Waals surface area contributed by atoms with Crippen LogP contribution in [0.25, 0.3) is 22.4 Å². The summed E-state index contributed by atoms with van der Waals surface area (Å²) in [5.41, 5.74) is 10.2. The largest absolute Gasteiger partial charge is 0.388 e. The van der Waals surface area contributed by atoms with Crippen molar-refractivity contribution in [1.82, 2.24) is 14.5 Å². The number of hydrogen-bond donors (Lipinski definition) is 3. The van der Waals surface area contributed by atoms with Gasteiger partial charge < -0.3 is 16.4 Å². The highest BCUT2D eigenvalue weighted by molar-refractivity contribution is 6.31. The van der Waals surface area contributed by atoms with Crippen LogP contribution in [0.3, 0.4) is 0 Å². The Labute approximate surface area is 252 Å². The Bertz CT molecular complexity index is 1770. The van der Waals surface area contributed by atoms with Gasteiger partial charge in [0.2, 0.25) is 5.91 Å². The van der Waals surface area contributed by atoms with Crippen LogP contribution in [0.2, 0.25) is 5.02 Å². The Balaban J connectivity index is 1.45. The number of anilines is 2. The second-order valence-electron chi connectivity index (χ2n) is 9.39. The first-order chi connectivity index (χ1) is 20.4. The van der Waals surface area contributed by atoms with Crippen LogP contribution < -0.4 is 21.9 Å². The summed E-state index contributed by atoms with van der Waals surface area (Å²) in [7, 11) is 0. The lowest BCUT2D eigenvalue weighted by molar-refractivity contribution is -0.119. The average molecular weight is 598 g/mol. The van der Waals surface area contributed by atoms with E-state index in [0.717, 1.165) is 16.7 Å². The third-order valence-corrected chi connectivity index (χ3v) is 6.88. The second-order valence-corrected chi connectivity index (χ2v) is 10.3. The second kappa shape index (κ2) is 13.2. The molecule has 8 nitrogen and oxygen atoms in total. The van der Waals surface area contributed by atoms with Gasteiger partial charge in [0.05, 0.1) is 12.0 Å². The molecule has 0 aliphatic carbocycles. The van der Waals surface area contributed by atoms with E-state index >= 15 is 0 Å². The number of benzene rings is 3. The molecular formula is C32H26Cl2N6O2. The van der Waals surface area contributed by atoms with E-state index in [2.05, 4.69) is 20.6 Å². The number of hydrogen-bond acceptors (Lipinski definition) is 6. The van der Waals surface area contributed by atoms with E-state index in [4.69, 9.17) is 28.9 Å². The molecule has 0 radical (unpaired) electrons. The molecule has 5 rings (SSSR count). The molecule has 1 amide bonds. The van der Waals surface area contributed by atoms with Gasteiger partial charge in [-0.3, -0.25) is 19.1 Å². The molecule has 0 aliphatic heterocycles. The van der Waals surface area contributed by atoms with E-state index in [1.54, 1.807) is 30.6 Å². The number of carbonyl (C=O) groups is 1. The minimum atomic E-state index is -0.864. The molecule has 4 N–H and O–H groups in total. The minimum Gasteiger partial charge on any atom is -0.388 e. The average Bonchev–Trinajstić information content (AvgIpc) is 3.00. The smallest absolute Gasteiger partial charge is 0.254 e. The maximum atomic E-state index is 13.7. The zero-order valence-corrected chi connectivity index (χ0v) is 23.8. The van der Waals surface area contributed by atoms with Crippen LogP contribution in [0, 0.1) is 0 Å². The molecule has 0 saturated carbocycles. The van der Waals surface area contributed by atoms with E-state index in [0.29, 0.717) is 27.7 Å². The molecule has 2 heterocycles. The van der Waals surface area contributed by atoms with Crippen molar-refractivity contribution in [3.05, 3.63) is 142 Å². The number of nitrogens with zero attached hydrogens (tertiary/aromatic N) is 3. The van der Waals surface area contributed by atoms with Gasteiger partial charge in [-0.2, -0.15) is 0 Å². The highest BCUT2D eigenvalue weighted by Crippen LogP contribution is 2.30. The summed E-state index contributed by atoms with van der Waals surface area (Å²) >= 11 is 12.0. The van der Waals surface area contributed by atoms with Crippen molar-refractivity contribution in [2.45, 2.75) is 12.5 Å².